The highest BCUT2D eigenvalue weighted by Crippen LogP contribution is 2.22. The molecule has 1 fully saturated rings. The average Bonchev–Trinajstić information content (AvgIpc) is 2.78. The van der Waals surface area contributed by atoms with E-state index in [2.05, 4.69) is 19.9 Å². The molecule has 1 saturated heterocycles. The Kier molecular flexibility index (Phi) is 2.10. The lowest BCUT2D eigenvalue weighted by atomic mass is 10.2. The second-order valence-electron chi connectivity index (χ2n) is 3.63. The molecule has 0 atom stereocenters. The number of aromatic nitrogens is 2. The molecule has 0 unspecified atom stereocenters. The molecule has 0 bridgehead atoms. The fourth-order valence-corrected chi connectivity index (χ4v) is 1.93. The van der Waals surface area contributed by atoms with Gasteiger partial charge >= 0.3 is 0 Å². The van der Waals surface area contributed by atoms with Gasteiger partial charge in [-0.2, -0.15) is 0 Å². The van der Waals surface area contributed by atoms with Crippen LogP contribution >= 0.6 is 0 Å². The van der Waals surface area contributed by atoms with Crippen molar-refractivity contribution in [1.82, 2.24) is 9.97 Å². The summed E-state index contributed by atoms with van der Waals surface area (Å²) in [6.45, 7) is 4.04. The molecule has 0 saturated carbocycles. The number of hydrogen-bond acceptors (Lipinski definition) is 5. The summed E-state index contributed by atoms with van der Waals surface area (Å²) in [5, 5.41) is 0. The summed E-state index contributed by atoms with van der Waals surface area (Å²) in [5.74, 6) is 1.00. The molecule has 0 aromatic carbocycles. The van der Waals surface area contributed by atoms with Crippen LogP contribution in [0.4, 0.5) is 5.82 Å². The molecular formula is C10H12N4O. The molecule has 5 nitrogen and oxygen atoms in total. The number of aliphatic imine (C=N–C) groups is 1. The minimum Gasteiger partial charge on any atom is -0.378 e. The van der Waals surface area contributed by atoms with Gasteiger partial charge in [0.25, 0.3) is 0 Å². The van der Waals surface area contributed by atoms with Gasteiger partial charge in [0, 0.05) is 19.3 Å². The third-order valence-corrected chi connectivity index (χ3v) is 2.72. The monoisotopic (exact) mass is 204 g/mol. The van der Waals surface area contributed by atoms with Crippen LogP contribution in [-0.2, 0) is 11.3 Å². The smallest absolute Gasteiger partial charge is 0.141 e. The maximum atomic E-state index is 5.32. The summed E-state index contributed by atoms with van der Waals surface area (Å²) in [4.78, 5) is 15.0. The third-order valence-electron chi connectivity index (χ3n) is 2.72. The first-order chi connectivity index (χ1) is 7.45. The summed E-state index contributed by atoms with van der Waals surface area (Å²) in [6, 6.07) is 0. The number of anilines is 1. The molecule has 0 amide bonds. The van der Waals surface area contributed by atoms with E-state index in [1.807, 2.05) is 6.21 Å². The van der Waals surface area contributed by atoms with E-state index >= 15 is 0 Å². The number of nitrogens with zero attached hydrogens (tertiary/aromatic N) is 4. The van der Waals surface area contributed by atoms with Crippen molar-refractivity contribution in [2.45, 2.75) is 6.54 Å². The first kappa shape index (κ1) is 8.79. The van der Waals surface area contributed by atoms with Gasteiger partial charge in [-0.25, -0.2) is 9.97 Å². The molecule has 0 N–H and O–H groups in total. The molecule has 2 aliphatic rings. The van der Waals surface area contributed by atoms with Gasteiger partial charge in [0.1, 0.15) is 12.1 Å². The molecule has 1 aromatic heterocycles. The fraction of sp³-hybridized carbons (Fsp3) is 0.500. The van der Waals surface area contributed by atoms with E-state index < -0.39 is 0 Å². The Bertz CT molecular complexity index is 398. The summed E-state index contributed by atoms with van der Waals surface area (Å²) in [5.41, 5.74) is 2.12. The Morgan fingerprint density at radius 1 is 1.20 bits per heavy atom. The van der Waals surface area contributed by atoms with E-state index in [9.17, 15) is 0 Å². The molecule has 1 aromatic rings. The number of morpholine rings is 1. The maximum Gasteiger partial charge on any atom is 0.141 e. The van der Waals surface area contributed by atoms with E-state index in [0.717, 1.165) is 43.4 Å². The Labute approximate surface area is 87.8 Å². The molecule has 0 radical (unpaired) electrons. The minimum atomic E-state index is 0.690. The number of hydrogen-bond donors (Lipinski definition) is 0. The predicted octanol–water partition coefficient (Wildman–Crippen LogP) is 0.246. The molecular weight excluding hydrogens is 192 g/mol. The van der Waals surface area contributed by atoms with Crippen LogP contribution in [0.5, 0.6) is 0 Å². The average molecular weight is 204 g/mol. The normalized spacial score (nSPS) is 19.3. The van der Waals surface area contributed by atoms with Crippen molar-refractivity contribution in [2.75, 3.05) is 31.2 Å². The van der Waals surface area contributed by atoms with Crippen LogP contribution in [0.25, 0.3) is 0 Å². The first-order valence-electron chi connectivity index (χ1n) is 5.11. The van der Waals surface area contributed by atoms with Crippen LogP contribution in [0.1, 0.15) is 11.3 Å². The highest BCUT2D eigenvalue weighted by Gasteiger charge is 2.19. The molecule has 0 aliphatic carbocycles. The van der Waals surface area contributed by atoms with Crippen LogP contribution < -0.4 is 4.90 Å². The van der Waals surface area contributed by atoms with Gasteiger partial charge in [-0.05, 0) is 0 Å². The van der Waals surface area contributed by atoms with E-state index in [-0.39, 0.29) is 0 Å². The van der Waals surface area contributed by atoms with Gasteiger partial charge in [0.2, 0.25) is 0 Å². The summed E-state index contributed by atoms with van der Waals surface area (Å²) in [7, 11) is 0. The number of fused-ring (bicyclic) bond motifs is 1. The molecule has 15 heavy (non-hydrogen) atoms. The van der Waals surface area contributed by atoms with Gasteiger partial charge in [-0.15, -0.1) is 0 Å². The third kappa shape index (κ3) is 1.48. The molecule has 2 aliphatic heterocycles. The maximum absolute atomic E-state index is 5.32. The zero-order valence-corrected chi connectivity index (χ0v) is 8.39. The Hall–Kier alpha value is -1.49. The van der Waals surface area contributed by atoms with E-state index in [1.54, 1.807) is 6.33 Å². The van der Waals surface area contributed by atoms with Gasteiger partial charge < -0.3 is 9.64 Å². The number of rotatable bonds is 1. The summed E-state index contributed by atoms with van der Waals surface area (Å²) in [6.07, 6.45) is 3.50. The van der Waals surface area contributed by atoms with Crippen molar-refractivity contribution in [3.63, 3.8) is 0 Å². The van der Waals surface area contributed by atoms with Gasteiger partial charge in [0.15, 0.2) is 0 Å². The highest BCUT2D eigenvalue weighted by molar-refractivity contribution is 5.90. The van der Waals surface area contributed by atoms with Crippen LogP contribution in [0, 0.1) is 0 Å². The van der Waals surface area contributed by atoms with Crippen molar-refractivity contribution in [3.05, 3.63) is 17.6 Å². The fourth-order valence-electron chi connectivity index (χ4n) is 1.93. The van der Waals surface area contributed by atoms with Crippen LogP contribution in [0.3, 0.4) is 0 Å². The highest BCUT2D eigenvalue weighted by atomic mass is 16.5. The van der Waals surface area contributed by atoms with Crippen molar-refractivity contribution in [3.8, 4) is 0 Å². The topological polar surface area (TPSA) is 50.6 Å². The van der Waals surface area contributed by atoms with Crippen molar-refractivity contribution in [2.24, 2.45) is 4.99 Å². The van der Waals surface area contributed by atoms with Gasteiger partial charge in [0.05, 0.1) is 31.0 Å². The largest absolute Gasteiger partial charge is 0.378 e. The standard InChI is InChI=1S/C10H12N4O/c1-3-15-4-2-14(1)10-8-5-11-6-9(8)12-7-13-10/h5,7H,1-4,6H2. The molecule has 3 heterocycles. The lowest BCUT2D eigenvalue weighted by Crippen LogP contribution is -2.37. The van der Waals surface area contributed by atoms with Gasteiger partial charge in [-0.1, -0.05) is 0 Å². The SMILES string of the molecule is C1=NCc2ncnc(N3CCOCC3)c21. The van der Waals surface area contributed by atoms with E-state index in [1.165, 1.54) is 0 Å². The molecule has 3 rings (SSSR count). The summed E-state index contributed by atoms with van der Waals surface area (Å²) < 4.78 is 5.32. The zero-order valence-electron chi connectivity index (χ0n) is 8.39. The molecule has 78 valence electrons. The first-order valence-corrected chi connectivity index (χ1v) is 5.11. The number of ether oxygens (including phenoxy) is 1. The molecule has 5 heteroatoms. The lowest BCUT2D eigenvalue weighted by molar-refractivity contribution is 0.122. The van der Waals surface area contributed by atoms with Crippen LogP contribution in [0.15, 0.2) is 11.3 Å². The second-order valence-corrected chi connectivity index (χ2v) is 3.63. The van der Waals surface area contributed by atoms with Crippen LogP contribution in [0.2, 0.25) is 0 Å². The van der Waals surface area contributed by atoms with E-state index in [0.29, 0.717) is 6.54 Å². The van der Waals surface area contributed by atoms with Gasteiger partial charge in [-0.3, -0.25) is 4.99 Å². The lowest BCUT2D eigenvalue weighted by Gasteiger charge is -2.28. The Morgan fingerprint density at radius 3 is 2.93 bits per heavy atom. The van der Waals surface area contributed by atoms with Crippen LogP contribution in [-0.4, -0.2) is 42.5 Å². The quantitative estimate of drug-likeness (QED) is 0.657. The van der Waals surface area contributed by atoms with Crippen molar-refractivity contribution in [1.29, 1.82) is 0 Å². The predicted molar refractivity (Wildman–Crippen MR) is 56.4 cm³/mol. The Balaban J connectivity index is 1.96. The minimum absolute atomic E-state index is 0.690. The van der Waals surface area contributed by atoms with E-state index in [4.69, 9.17) is 4.74 Å². The molecule has 0 spiro atoms. The van der Waals surface area contributed by atoms with Crippen molar-refractivity contribution < 1.29 is 4.74 Å². The summed E-state index contributed by atoms with van der Waals surface area (Å²) >= 11 is 0. The Morgan fingerprint density at radius 2 is 2.07 bits per heavy atom. The zero-order chi connectivity index (χ0) is 10.1. The van der Waals surface area contributed by atoms with Crippen molar-refractivity contribution >= 4 is 12.0 Å². The second kappa shape index (κ2) is 3.58.